The van der Waals surface area contributed by atoms with Crippen LogP contribution in [0.15, 0.2) is 54.6 Å². The van der Waals surface area contributed by atoms with Gasteiger partial charge in [-0.15, -0.1) is 11.6 Å². The zero-order valence-electron chi connectivity index (χ0n) is 14.8. The molecule has 4 nitrogen and oxygen atoms in total. The van der Waals surface area contributed by atoms with Crippen LogP contribution in [0, 0.1) is 0 Å². The summed E-state index contributed by atoms with van der Waals surface area (Å²) >= 11 is 6.18. The minimum absolute atomic E-state index is 0.458. The van der Waals surface area contributed by atoms with Gasteiger partial charge < -0.3 is 9.47 Å². The van der Waals surface area contributed by atoms with Crippen LogP contribution in [0.5, 0.6) is 11.5 Å². The predicted octanol–water partition coefficient (Wildman–Crippen LogP) is 4.44. The molecule has 0 N–H and O–H groups in total. The molecule has 5 heteroatoms. The van der Waals surface area contributed by atoms with E-state index in [-0.39, 0.29) is 0 Å². The molecule has 138 valence electrons. The van der Waals surface area contributed by atoms with E-state index < -0.39 is 11.3 Å². The minimum Gasteiger partial charge on any atom is -0.492 e. The number of benzene rings is 2. The van der Waals surface area contributed by atoms with Crippen molar-refractivity contribution in [1.82, 2.24) is 4.90 Å². The van der Waals surface area contributed by atoms with Gasteiger partial charge in [-0.3, -0.25) is 4.90 Å². The fourth-order valence-corrected chi connectivity index (χ4v) is 3.20. The number of ether oxygens (including phenoxy) is 2. The normalized spacial score (nSPS) is 16.0. The van der Waals surface area contributed by atoms with Gasteiger partial charge in [0.1, 0.15) is 18.1 Å². The number of halogens is 1. The molecule has 2 aromatic rings. The first-order chi connectivity index (χ1) is 12.7. The van der Waals surface area contributed by atoms with Crippen molar-refractivity contribution in [3.63, 3.8) is 0 Å². The maximum Gasteiger partial charge on any atom is 0.334 e. The Morgan fingerprint density at radius 1 is 0.962 bits per heavy atom. The third kappa shape index (κ3) is 5.48. The maximum atomic E-state index is 12.2. The molecule has 0 amide bonds. The van der Waals surface area contributed by atoms with E-state index in [1.54, 1.807) is 24.3 Å². The highest BCUT2D eigenvalue weighted by Crippen LogP contribution is 2.24. The van der Waals surface area contributed by atoms with Crippen LogP contribution in [0.3, 0.4) is 0 Å². The van der Waals surface area contributed by atoms with Gasteiger partial charge in [0, 0.05) is 6.54 Å². The van der Waals surface area contributed by atoms with E-state index >= 15 is 0 Å². The van der Waals surface area contributed by atoms with Crippen LogP contribution in [0.2, 0.25) is 0 Å². The van der Waals surface area contributed by atoms with E-state index in [9.17, 15) is 4.79 Å². The highest BCUT2D eigenvalue weighted by molar-refractivity contribution is 6.30. The van der Waals surface area contributed by atoms with Crippen molar-refractivity contribution < 1.29 is 14.3 Å². The highest BCUT2D eigenvalue weighted by Gasteiger charge is 2.19. The SMILES string of the molecule is O=C(Oc1ccc(OCCN2CCCCC2)cc1)C(Cl)c1ccccc1. The Bertz CT molecular complexity index is 684. The number of piperidine rings is 1. The molecule has 1 aliphatic rings. The Hall–Kier alpha value is -2.04. The zero-order chi connectivity index (χ0) is 18.2. The number of nitrogens with zero attached hydrogens (tertiary/aromatic N) is 1. The zero-order valence-corrected chi connectivity index (χ0v) is 15.5. The third-order valence-electron chi connectivity index (χ3n) is 4.47. The minimum atomic E-state index is -0.823. The van der Waals surface area contributed by atoms with Crippen LogP contribution in [0.1, 0.15) is 30.2 Å². The van der Waals surface area contributed by atoms with Gasteiger partial charge in [-0.1, -0.05) is 36.8 Å². The lowest BCUT2D eigenvalue weighted by atomic mass is 10.1. The first kappa shape index (κ1) is 18.7. The number of alkyl halides is 1. The van der Waals surface area contributed by atoms with Gasteiger partial charge in [-0.2, -0.15) is 0 Å². The van der Waals surface area contributed by atoms with Gasteiger partial charge in [-0.05, 0) is 55.8 Å². The van der Waals surface area contributed by atoms with Crippen molar-refractivity contribution >= 4 is 17.6 Å². The molecule has 2 aromatic carbocycles. The molecule has 0 radical (unpaired) electrons. The van der Waals surface area contributed by atoms with Crippen LogP contribution in [-0.2, 0) is 4.79 Å². The molecule has 1 saturated heterocycles. The molecule has 0 bridgehead atoms. The molecule has 0 aliphatic carbocycles. The molecule has 0 saturated carbocycles. The van der Waals surface area contributed by atoms with Crippen LogP contribution >= 0.6 is 11.6 Å². The molecule has 1 fully saturated rings. The Kier molecular flexibility index (Phi) is 6.92. The molecule has 1 aliphatic heterocycles. The van der Waals surface area contributed by atoms with Crippen molar-refractivity contribution in [3.05, 3.63) is 60.2 Å². The number of carbonyl (C=O) groups is 1. The number of hydrogen-bond donors (Lipinski definition) is 0. The lowest BCUT2D eigenvalue weighted by Gasteiger charge is -2.26. The van der Waals surface area contributed by atoms with Gasteiger partial charge in [0.25, 0.3) is 0 Å². The summed E-state index contributed by atoms with van der Waals surface area (Å²) in [5.74, 6) is 0.740. The maximum absolute atomic E-state index is 12.2. The summed E-state index contributed by atoms with van der Waals surface area (Å²) in [6, 6.07) is 16.2. The molecular weight excluding hydrogens is 350 g/mol. The average molecular weight is 374 g/mol. The van der Waals surface area contributed by atoms with Crippen molar-refractivity contribution in [2.75, 3.05) is 26.2 Å². The summed E-state index contributed by atoms with van der Waals surface area (Å²) in [7, 11) is 0. The second-order valence-corrected chi connectivity index (χ2v) is 6.85. The van der Waals surface area contributed by atoms with Crippen molar-refractivity contribution in [3.8, 4) is 11.5 Å². The second-order valence-electron chi connectivity index (χ2n) is 6.42. The Morgan fingerprint density at radius 2 is 1.62 bits per heavy atom. The topological polar surface area (TPSA) is 38.8 Å². The third-order valence-corrected chi connectivity index (χ3v) is 4.90. The quantitative estimate of drug-likeness (QED) is 0.408. The summed E-state index contributed by atoms with van der Waals surface area (Å²) in [5.41, 5.74) is 0.719. The molecule has 26 heavy (non-hydrogen) atoms. The fraction of sp³-hybridized carbons (Fsp3) is 0.381. The van der Waals surface area contributed by atoms with Crippen molar-refractivity contribution in [2.45, 2.75) is 24.6 Å². The predicted molar refractivity (Wildman–Crippen MR) is 103 cm³/mol. The smallest absolute Gasteiger partial charge is 0.334 e. The van der Waals surface area contributed by atoms with Gasteiger partial charge in [0.2, 0.25) is 0 Å². The second kappa shape index (κ2) is 9.60. The van der Waals surface area contributed by atoms with E-state index in [0.717, 1.165) is 17.9 Å². The largest absolute Gasteiger partial charge is 0.492 e. The summed E-state index contributed by atoms with van der Waals surface area (Å²) in [6.07, 6.45) is 3.90. The monoisotopic (exact) mass is 373 g/mol. The number of hydrogen-bond acceptors (Lipinski definition) is 4. The summed E-state index contributed by atoms with van der Waals surface area (Å²) in [6.45, 7) is 3.94. The number of rotatable bonds is 7. The first-order valence-electron chi connectivity index (χ1n) is 9.08. The summed E-state index contributed by atoms with van der Waals surface area (Å²) in [4.78, 5) is 14.6. The number of carbonyl (C=O) groups excluding carboxylic acids is 1. The molecule has 3 rings (SSSR count). The lowest BCUT2D eigenvalue weighted by molar-refractivity contribution is -0.134. The van der Waals surface area contributed by atoms with E-state index in [4.69, 9.17) is 21.1 Å². The Balaban J connectivity index is 1.45. The molecular formula is C21H24ClNO3. The van der Waals surface area contributed by atoms with Crippen LogP contribution in [-0.4, -0.2) is 37.1 Å². The number of likely N-dealkylation sites (tertiary alicyclic amines) is 1. The average Bonchev–Trinajstić information content (AvgIpc) is 2.70. The van der Waals surface area contributed by atoms with Gasteiger partial charge in [0.15, 0.2) is 5.38 Å². The van der Waals surface area contributed by atoms with Gasteiger partial charge in [0.05, 0.1) is 0 Å². The van der Waals surface area contributed by atoms with Crippen molar-refractivity contribution in [2.24, 2.45) is 0 Å². The van der Waals surface area contributed by atoms with Gasteiger partial charge >= 0.3 is 5.97 Å². The van der Waals surface area contributed by atoms with Gasteiger partial charge in [-0.25, -0.2) is 4.79 Å². The van der Waals surface area contributed by atoms with E-state index in [1.165, 1.54) is 32.4 Å². The van der Waals surface area contributed by atoms with Crippen LogP contribution < -0.4 is 9.47 Å². The first-order valence-corrected chi connectivity index (χ1v) is 9.52. The molecule has 0 aromatic heterocycles. The van der Waals surface area contributed by atoms with Crippen LogP contribution in [0.4, 0.5) is 0 Å². The summed E-state index contributed by atoms with van der Waals surface area (Å²) < 4.78 is 11.1. The van der Waals surface area contributed by atoms with Crippen LogP contribution in [0.25, 0.3) is 0 Å². The fourth-order valence-electron chi connectivity index (χ4n) is 3.01. The van der Waals surface area contributed by atoms with E-state index in [2.05, 4.69) is 4.90 Å². The summed E-state index contributed by atoms with van der Waals surface area (Å²) in [5, 5.41) is -0.823. The molecule has 1 heterocycles. The molecule has 1 atom stereocenters. The lowest BCUT2D eigenvalue weighted by Crippen LogP contribution is -2.33. The molecule has 1 unspecified atom stereocenters. The number of esters is 1. The highest BCUT2D eigenvalue weighted by atomic mass is 35.5. The molecule has 0 spiro atoms. The Morgan fingerprint density at radius 3 is 2.31 bits per heavy atom. The van der Waals surface area contributed by atoms with Crippen molar-refractivity contribution in [1.29, 1.82) is 0 Å². The van der Waals surface area contributed by atoms with E-state index in [0.29, 0.717) is 12.4 Å². The van der Waals surface area contributed by atoms with E-state index in [1.807, 2.05) is 30.3 Å². The Labute approximate surface area is 159 Å². The standard InChI is InChI=1S/C21H24ClNO3/c22-20(17-7-3-1-4-8-17)21(24)26-19-11-9-18(10-12-19)25-16-15-23-13-5-2-6-14-23/h1,3-4,7-12,20H,2,5-6,13-16H2.